The first kappa shape index (κ1) is 22.2. The quantitative estimate of drug-likeness (QED) is 0.486. The van der Waals surface area contributed by atoms with E-state index in [1.54, 1.807) is 6.07 Å². The predicted octanol–water partition coefficient (Wildman–Crippen LogP) is 5.08. The Labute approximate surface area is 189 Å². The maximum atomic E-state index is 14.6. The highest BCUT2D eigenvalue weighted by molar-refractivity contribution is 5.96. The maximum Gasteiger partial charge on any atom is 0.254 e. The summed E-state index contributed by atoms with van der Waals surface area (Å²) in [4.78, 5) is 19.3. The molecule has 0 bridgehead atoms. The van der Waals surface area contributed by atoms with E-state index in [-0.39, 0.29) is 5.56 Å². The summed E-state index contributed by atoms with van der Waals surface area (Å²) in [6, 6.07) is 14.6. The highest BCUT2D eigenvalue weighted by atomic mass is 19.1. The normalized spacial score (nSPS) is 14.4. The van der Waals surface area contributed by atoms with Gasteiger partial charge in [0.2, 0.25) is 0 Å². The first-order chi connectivity index (χ1) is 15.7. The van der Waals surface area contributed by atoms with E-state index in [9.17, 15) is 9.18 Å². The number of likely N-dealkylation sites (tertiary alicyclic amines) is 1. The highest BCUT2D eigenvalue weighted by Gasteiger charge is 2.14. The number of nitrogens with zero attached hydrogens (tertiary/aromatic N) is 2. The molecule has 0 saturated carbocycles. The lowest BCUT2D eigenvalue weighted by molar-refractivity contribution is 0.0952. The van der Waals surface area contributed by atoms with Gasteiger partial charge in [-0.05, 0) is 70.1 Å². The van der Waals surface area contributed by atoms with E-state index in [1.807, 2.05) is 31.2 Å². The van der Waals surface area contributed by atoms with Gasteiger partial charge in [-0.3, -0.25) is 4.79 Å². The lowest BCUT2D eigenvalue weighted by atomic mass is 10.0. The van der Waals surface area contributed by atoms with Crippen LogP contribution in [0.15, 0.2) is 48.5 Å². The minimum absolute atomic E-state index is 0.0486. The second-order valence-electron chi connectivity index (χ2n) is 8.31. The second-order valence-corrected chi connectivity index (χ2v) is 8.31. The van der Waals surface area contributed by atoms with E-state index in [4.69, 9.17) is 4.98 Å². The number of hydrogen-bond donors (Lipinski definition) is 2. The molecule has 0 aliphatic carbocycles. The van der Waals surface area contributed by atoms with Crippen LogP contribution in [0.4, 0.5) is 10.1 Å². The topological polar surface area (TPSA) is 57.3 Å². The van der Waals surface area contributed by atoms with Crippen LogP contribution in [0.2, 0.25) is 0 Å². The number of carbonyl (C=O) groups excluding carboxylic acids is 1. The number of benzene rings is 2. The summed E-state index contributed by atoms with van der Waals surface area (Å²) in [6.07, 6.45) is 5.04. The van der Waals surface area contributed by atoms with Crippen molar-refractivity contribution < 1.29 is 9.18 Å². The Morgan fingerprint density at radius 1 is 1.09 bits per heavy atom. The van der Waals surface area contributed by atoms with Gasteiger partial charge in [0.25, 0.3) is 5.91 Å². The maximum absolute atomic E-state index is 14.6. The van der Waals surface area contributed by atoms with Crippen LogP contribution in [0.1, 0.15) is 43.0 Å². The SMILES string of the molecule is CCNC(=O)c1ccc(-c2cc(NCCCN3CCCCC3)c3ccccc3n2)cc1F. The average Bonchev–Trinajstić information content (AvgIpc) is 2.82. The highest BCUT2D eigenvalue weighted by Crippen LogP contribution is 2.29. The van der Waals surface area contributed by atoms with Crippen molar-refractivity contribution in [3.05, 3.63) is 59.9 Å². The summed E-state index contributed by atoms with van der Waals surface area (Å²) in [5.74, 6) is -0.946. The fourth-order valence-corrected chi connectivity index (χ4v) is 4.29. The molecule has 168 valence electrons. The van der Waals surface area contributed by atoms with Crippen LogP contribution in [0.25, 0.3) is 22.2 Å². The van der Waals surface area contributed by atoms with Crippen molar-refractivity contribution in [2.75, 3.05) is 38.0 Å². The molecule has 1 amide bonds. The van der Waals surface area contributed by atoms with Crippen LogP contribution in [-0.4, -0.2) is 48.5 Å². The molecule has 32 heavy (non-hydrogen) atoms. The third-order valence-electron chi connectivity index (χ3n) is 5.98. The molecule has 4 rings (SSSR count). The van der Waals surface area contributed by atoms with Crippen molar-refractivity contribution in [3.8, 4) is 11.3 Å². The molecule has 2 aromatic carbocycles. The number of para-hydroxylation sites is 1. The summed E-state index contributed by atoms with van der Waals surface area (Å²) in [5, 5.41) is 7.26. The van der Waals surface area contributed by atoms with Gasteiger partial charge in [-0.15, -0.1) is 0 Å². The van der Waals surface area contributed by atoms with Gasteiger partial charge in [-0.25, -0.2) is 9.37 Å². The van der Waals surface area contributed by atoms with Crippen molar-refractivity contribution in [2.24, 2.45) is 0 Å². The average molecular weight is 435 g/mol. The molecule has 2 heterocycles. The number of amides is 1. The molecule has 0 atom stereocenters. The van der Waals surface area contributed by atoms with E-state index in [0.717, 1.165) is 36.1 Å². The Morgan fingerprint density at radius 2 is 1.91 bits per heavy atom. The Morgan fingerprint density at radius 3 is 2.69 bits per heavy atom. The monoisotopic (exact) mass is 434 g/mol. The van der Waals surface area contributed by atoms with Crippen molar-refractivity contribution >= 4 is 22.5 Å². The summed E-state index contributed by atoms with van der Waals surface area (Å²) in [6.45, 7) is 6.66. The molecule has 1 aliphatic heterocycles. The Kier molecular flexibility index (Phi) is 7.32. The first-order valence-corrected chi connectivity index (χ1v) is 11.6. The third kappa shape index (κ3) is 5.25. The van der Waals surface area contributed by atoms with Crippen molar-refractivity contribution in [2.45, 2.75) is 32.6 Å². The van der Waals surface area contributed by atoms with Crippen LogP contribution in [0.5, 0.6) is 0 Å². The Balaban J connectivity index is 1.54. The van der Waals surface area contributed by atoms with E-state index < -0.39 is 11.7 Å². The van der Waals surface area contributed by atoms with E-state index in [2.05, 4.69) is 21.6 Å². The van der Waals surface area contributed by atoms with Crippen LogP contribution in [-0.2, 0) is 0 Å². The van der Waals surface area contributed by atoms with Gasteiger partial charge in [0.15, 0.2) is 0 Å². The van der Waals surface area contributed by atoms with Gasteiger partial charge in [-0.1, -0.05) is 30.7 Å². The summed E-state index contributed by atoms with van der Waals surface area (Å²) in [7, 11) is 0. The number of piperidine rings is 1. The van der Waals surface area contributed by atoms with Gasteiger partial charge in [0.05, 0.1) is 16.8 Å². The minimum atomic E-state index is -0.542. The summed E-state index contributed by atoms with van der Waals surface area (Å²) in [5.41, 5.74) is 3.24. The second kappa shape index (κ2) is 10.6. The molecule has 6 heteroatoms. The number of fused-ring (bicyclic) bond motifs is 1. The van der Waals surface area contributed by atoms with Gasteiger partial charge < -0.3 is 15.5 Å². The molecule has 1 aromatic heterocycles. The number of hydrogen-bond acceptors (Lipinski definition) is 4. The number of pyridine rings is 1. The number of rotatable bonds is 8. The molecule has 0 spiro atoms. The van der Waals surface area contributed by atoms with Crippen molar-refractivity contribution in [1.29, 1.82) is 0 Å². The molecular weight excluding hydrogens is 403 g/mol. The van der Waals surface area contributed by atoms with Gasteiger partial charge in [-0.2, -0.15) is 0 Å². The largest absolute Gasteiger partial charge is 0.384 e. The lowest BCUT2D eigenvalue weighted by Gasteiger charge is -2.26. The van der Waals surface area contributed by atoms with Crippen molar-refractivity contribution in [3.63, 3.8) is 0 Å². The number of halogens is 1. The first-order valence-electron chi connectivity index (χ1n) is 11.6. The lowest BCUT2D eigenvalue weighted by Crippen LogP contribution is -2.31. The predicted molar refractivity (Wildman–Crippen MR) is 129 cm³/mol. The zero-order chi connectivity index (χ0) is 22.3. The van der Waals surface area contributed by atoms with Crippen LogP contribution >= 0.6 is 0 Å². The van der Waals surface area contributed by atoms with Crippen LogP contribution < -0.4 is 10.6 Å². The van der Waals surface area contributed by atoms with Crippen LogP contribution in [0, 0.1) is 5.82 Å². The third-order valence-corrected chi connectivity index (χ3v) is 5.98. The fraction of sp³-hybridized carbons (Fsp3) is 0.385. The molecule has 2 N–H and O–H groups in total. The van der Waals surface area contributed by atoms with Gasteiger partial charge in [0, 0.05) is 29.7 Å². The Hall–Kier alpha value is -2.99. The molecule has 0 radical (unpaired) electrons. The van der Waals surface area contributed by atoms with E-state index in [1.165, 1.54) is 44.5 Å². The summed E-state index contributed by atoms with van der Waals surface area (Å²) < 4.78 is 14.6. The standard InChI is InChI=1S/C26H31FN4O/c1-2-28-26(32)20-12-11-19(17-22(20)27)24-18-25(21-9-4-5-10-23(21)30-24)29-13-8-16-31-14-6-3-7-15-31/h4-5,9-12,17-18H,2-3,6-8,13-16H2,1H3,(H,28,32)(H,29,30). The number of nitrogens with one attached hydrogen (secondary N) is 2. The van der Waals surface area contributed by atoms with Crippen molar-refractivity contribution in [1.82, 2.24) is 15.2 Å². The number of anilines is 1. The zero-order valence-electron chi connectivity index (χ0n) is 18.7. The Bertz CT molecular complexity index is 1080. The minimum Gasteiger partial charge on any atom is -0.384 e. The molecule has 3 aromatic rings. The molecular formula is C26H31FN4O. The fourth-order valence-electron chi connectivity index (χ4n) is 4.29. The van der Waals surface area contributed by atoms with Gasteiger partial charge in [0.1, 0.15) is 5.82 Å². The molecule has 1 saturated heterocycles. The van der Waals surface area contributed by atoms with E-state index >= 15 is 0 Å². The van der Waals surface area contributed by atoms with Gasteiger partial charge >= 0.3 is 0 Å². The molecule has 0 unspecified atom stereocenters. The molecule has 5 nitrogen and oxygen atoms in total. The number of carbonyl (C=O) groups is 1. The molecule has 1 fully saturated rings. The molecule has 1 aliphatic rings. The van der Waals surface area contributed by atoms with E-state index in [0.29, 0.717) is 17.8 Å². The zero-order valence-corrected chi connectivity index (χ0v) is 18.7. The van der Waals surface area contributed by atoms with Crippen LogP contribution in [0.3, 0.4) is 0 Å². The number of aromatic nitrogens is 1. The summed E-state index contributed by atoms with van der Waals surface area (Å²) >= 11 is 0. The smallest absolute Gasteiger partial charge is 0.254 e.